The fraction of sp³-hybridized carbons (Fsp3) is 0.400. The summed E-state index contributed by atoms with van der Waals surface area (Å²) in [5.74, 6) is 0. The molecule has 1 aromatic carbocycles. The summed E-state index contributed by atoms with van der Waals surface area (Å²) in [6, 6.07) is 10.1. The summed E-state index contributed by atoms with van der Waals surface area (Å²) in [7, 11) is 0. The summed E-state index contributed by atoms with van der Waals surface area (Å²) in [6.45, 7) is 0. The molecule has 4 N–H and O–H groups in total. The molecule has 0 bridgehead atoms. The molecule has 1 fully saturated rings. The topological polar surface area (TPSA) is 58.3 Å². The molecule has 0 amide bonds. The van der Waals surface area contributed by atoms with Gasteiger partial charge in [0, 0.05) is 5.41 Å². The van der Waals surface area contributed by atoms with Crippen LogP contribution in [0.2, 0.25) is 0 Å². The lowest BCUT2D eigenvalue weighted by Crippen LogP contribution is -2.45. The van der Waals surface area contributed by atoms with Crippen LogP contribution in [0.1, 0.15) is 18.4 Å². The largest absolute Gasteiger partial charge is 0.315 e. The van der Waals surface area contributed by atoms with Crippen LogP contribution in [0.4, 0.5) is 0 Å². The van der Waals surface area contributed by atoms with Crippen LogP contribution in [0.25, 0.3) is 0 Å². The van der Waals surface area contributed by atoms with Gasteiger partial charge in [0.1, 0.15) is 0 Å². The molecular formula is C10H14N2O. The molecule has 0 unspecified atom stereocenters. The maximum absolute atomic E-state index is 8.80. The van der Waals surface area contributed by atoms with Crippen LogP contribution in [0, 0.1) is 0 Å². The number of rotatable bonds is 3. The Morgan fingerprint density at radius 1 is 1.31 bits per heavy atom. The van der Waals surface area contributed by atoms with Crippen molar-refractivity contribution in [3.8, 4) is 0 Å². The number of nitrogens with two attached hydrogens (primary N) is 1. The summed E-state index contributed by atoms with van der Waals surface area (Å²) in [5, 5.41) is 8.80. The summed E-state index contributed by atoms with van der Waals surface area (Å²) >= 11 is 0. The zero-order valence-electron chi connectivity index (χ0n) is 7.40. The van der Waals surface area contributed by atoms with Gasteiger partial charge in [0.2, 0.25) is 0 Å². The lowest BCUT2D eigenvalue weighted by atomic mass is 9.93. The number of benzene rings is 1. The highest BCUT2D eigenvalue weighted by atomic mass is 16.5. The fourth-order valence-electron chi connectivity index (χ4n) is 1.81. The molecule has 2 rings (SSSR count). The number of hydroxylamine groups is 1. The van der Waals surface area contributed by atoms with E-state index in [0.717, 1.165) is 12.8 Å². The van der Waals surface area contributed by atoms with Crippen LogP contribution in [0.5, 0.6) is 0 Å². The molecule has 13 heavy (non-hydrogen) atoms. The zero-order chi connectivity index (χ0) is 9.31. The van der Waals surface area contributed by atoms with E-state index in [2.05, 4.69) is 17.6 Å². The maximum atomic E-state index is 8.80. The number of nitrogens with one attached hydrogen (secondary N) is 1. The standard InChI is InChI=1S/C10H14N2O/c11-9(12-13)10(6-7-10)8-4-2-1-3-5-8/h1-5,9,12-13H,6-7,11H2/t9-/m1/s1. The second-order valence-corrected chi connectivity index (χ2v) is 3.63. The van der Waals surface area contributed by atoms with Crippen LogP contribution in [0.15, 0.2) is 30.3 Å². The monoisotopic (exact) mass is 178 g/mol. The van der Waals surface area contributed by atoms with Gasteiger partial charge in [-0.05, 0) is 18.4 Å². The minimum Gasteiger partial charge on any atom is -0.315 e. The first-order valence-corrected chi connectivity index (χ1v) is 4.50. The van der Waals surface area contributed by atoms with Gasteiger partial charge in [-0.2, -0.15) is 5.48 Å². The summed E-state index contributed by atoms with van der Waals surface area (Å²) < 4.78 is 0. The summed E-state index contributed by atoms with van der Waals surface area (Å²) in [5.41, 5.74) is 9.11. The predicted octanol–water partition coefficient (Wildman–Crippen LogP) is 0.982. The van der Waals surface area contributed by atoms with E-state index >= 15 is 0 Å². The zero-order valence-corrected chi connectivity index (χ0v) is 7.40. The van der Waals surface area contributed by atoms with Crippen molar-refractivity contribution in [3.05, 3.63) is 35.9 Å². The van der Waals surface area contributed by atoms with E-state index in [4.69, 9.17) is 10.9 Å². The fourth-order valence-corrected chi connectivity index (χ4v) is 1.81. The molecule has 3 nitrogen and oxygen atoms in total. The first kappa shape index (κ1) is 8.69. The minimum absolute atomic E-state index is 0.0317. The first-order valence-electron chi connectivity index (χ1n) is 4.50. The maximum Gasteiger partial charge on any atom is 0.0882 e. The van der Waals surface area contributed by atoms with E-state index in [1.165, 1.54) is 5.56 Å². The Balaban J connectivity index is 2.26. The molecule has 0 aromatic heterocycles. The Morgan fingerprint density at radius 2 is 1.92 bits per heavy atom. The number of hydrogen-bond acceptors (Lipinski definition) is 3. The van der Waals surface area contributed by atoms with Gasteiger partial charge in [0.05, 0.1) is 6.17 Å². The van der Waals surface area contributed by atoms with Crippen LogP contribution >= 0.6 is 0 Å². The number of hydrogen-bond donors (Lipinski definition) is 3. The molecule has 0 aliphatic heterocycles. The predicted molar refractivity (Wildman–Crippen MR) is 50.3 cm³/mol. The highest BCUT2D eigenvalue weighted by molar-refractivity contribution is 5.33. The normalized spacial score (nSPS) is 21.1. The highest BCUT2D eigenvalue weighted by Crippen LogP contribution is 2.49. The third kappa shape index (κ3) is 1.35. The summed E-state index contributed by atoms with van der Waals surface area (Å²) in [6.07, 6.45) is 1.74. The second-order valence-electron chi connectivity index (χ2n) is 3.63. The second kappa shape index (κ2) is 3.10. The molecule has 1 aliphatic rings. The van der Waals surface area contributed by atoms with Gasteiger partial charge < -0.3 is 10.9 Å². The minimum atomic E-state index is -0.352. The van der Waals surface area contributed by atoms with Gasteiger partial charge in [-0.1, -0.05) is 30.3 Å². The Labute approximate surface area is 77.5 Å². The summed E-state index contributed by atoms with van der Waals surface area (Å²) in [4.78, 5) is 0. The van der Waals surface area contributed by atoms with E-state index in [1.807, 2.05) is 18.2 Å². The lowest BCUT2D eigenvalue weighted by Gasteiger charge is -2.21. The van der Waals surface area contributed by atoms with Crippen molar-refractivity contribution >= 4 is 0 Å². The van der Waals surface area contributed by atoms with Gasteiger partial charge in [0.15, 0.2) is 0 Å². The molecule has 0 radical (unpaired) electrons. The van der Waals surface area contributed by atoms with Gasteiger partial charge >= 0.3 is 0 Å². The van der Waals surface area contributed by atoms with E-state index in [1.54, 1.807) is 0 Å². The van der Waals surface area contributed by atoms with E-state index < -0.39 is 0 Å². The Kier molecular flexibility index (Phi) is 2.07. The molecule has 70 valence electrons. The Hall–Kier alpha value is -0.900. The van der Waals surface area contributed by atoms with Crippen LogP contribution in [-0.2, 0) is 5.41 Å². The van der Waals surface area contributed by atoms with Crippen molar-refractivity contribution in [1.82, 2.24) is 5.48 Å². The van der Waals surface area contributed by atoms with Crippen molar-refractivity contribution in [2.24, 2.45) is 5.73 Å². The average molecular weight is 178 g/mol. The van der Waals surface area contributed by atoms with E-state index in [9.17, 15) is 0 Å². The van der Waals surface area contributed by atoms with Gasteiger partial charge in [-0.15, -0.1) is 0 Å². The van der Waals surface area contributed by atoms with Crippen molar-refractivity contribution in [2.45, 2.75) is 24.4 Å². The SMILES string of the molecule is N[C@H](NO)C1(c2ccccc2)CC1. The van der Waals surface area contributed by atoms with Crippen molar-refractivity contribution in [1.29, 1.82) is 0 Å². The smallest absolute Gasteiger partial charge is 0.0882 e. The van der Waals surface area contributed by atoms with Crippen molar-refractivity contribution < 1.29 is 5.21 Å². The van der Waals surface area contributed by atoms with E-state index in [0.29, 0.717) is 0 Å². The molecule has 1 atom stereocenters. The molecule has 0 spiro atoms. The van der Waals surface area contributed by atoms with Crippen LogP contribution < -0.4 is 11.2 Å². The van der Waals surface area contributed by atoms with Gasteiger partial charge in [-0.25, -0.2) is 0 Å². The molecule has 1 saturated carbocycles. The van der Waals surface area contributed by atoms with Crippen molar-refractivity contribution in [2.75, 3.05) is 0 Å². The first-order chi connectivity index (χ1) is 6.29. The third-order valence-corrected chi connectivity index (χ3v) is 2.87. The van der Waals surface area contributed by atoms with Crippen LogP contribution in [-0.4, -0.2) is 11.4 Å². The average Bonchev–Trinajstić information content (AvgIpc) is 2.99. The molecule has 3 heteroatoms. The molecular weight excluding hydrogens is 164 g/mol. The quantitative estimate of drug-likeness (QED) is 0.477. The van der Waals surface area contributed by atoms with Gasteiger partial charge in [0.25, 0.3) is 0 Å². The molecule has 0 saturated heterocycles. The molecule has 0 heterocycles. The molecule has 1 aromatic rings. The van der Waals surface area contributed by atoms with Crippen LogP contribution in [0.3, 0.4) is 0 Å². The Morgan fingerprint density at radius 3 is 2.38 bits per heavy atom. The third-order valence-electron chi connectivity index (χ3n) is 2.87. The lowest BCUT2D eigenvalue weighted by molar-refractivity contribution is 0.110. The highest BCUT2D eigenvalue weighted by Gasteiger charge is 2.49. The van der Waals surface area contributed by atoms with Gasteiger partial charge in [-0.3, -0.25) is 0 Å². The van der Waals surface area contributed by atoms with E-state index in [-0.39, 0.29) is 11.6 Å². The Bertz CT molecular complexity index is 282. The van der Waals surface area contributed by atoms with Crippen molar-refractivity contribution in [3.63, 3.8) is 0 Å². The molecule has 1 aliphatic carbocycles.